The van der Waals surface area contributed by atoms with Gasteiger partial charge in [0.15, 0.2) is 0 Å². The van der Waals surface area contributed by atoms with E-state index in [0.29, 0.717) is 5.56 Å². The summed E-state index contributed by atoms with van der Waals surface area (Å²) in [7, 11) is -3.72. The van der Waals surface area contributed by atoms with Gasteiger partial charge in [-0.05, 0) is 37.5 Å². The highest BCUT2D eigenvalue weighted by Gasteiger charge is 2.30. The predicted molar refractivity (Wildman–Crippen MR) is 80.9 cm³/mol. The van der Waals surface area contributed by atoms with Crippen molar-refractivity contribution in [1.82, 2.24) is 10.0 Å². The van der Waals surface area contributed by atoms with Crippen LogP contribution in [0, 0.1) is 6.92 Å². The first-order chi connectivity index (χ1) is 10.6. The lowest BCUT2D eigenvalue weighted by atomic mass is 10.1. The van der Waals surface area contributed by atoms with Crippen molar-refractivity contribution < 1.29 is 22.0 Å². The van der Waals surface area contributed by atoms with Gasteiger partial charge in [0.25, 0.3) is 11.8 Å². The fourth-order valence-electron chi connectivity index (χ4n) is 1.88. The monoisotopic (exact) mass is 347 g/mol. The van der Waals surface area contributed by atoms with Crippen molar-refractivity contribution >= 4 is 15.9 Å². The molecule has 23 heavy (non-hydrogen) atoms. The molecule has 1 aromatic carbocycles. The highest BCUT2D eigenvalue weighted by Crippen LogP contribution is 2.23. The summed E-state index contributed by atoms with van der Waals surface area (Å²) in [5.41, 5.74) is 5.43. The largest absolute Gasteiger partial charge is 0.346 e. The van der Waals surface area contributed by atoms with Crippen LogP contribution in [0.4, 0.5) is 8.78 Å². The van der Waals surface area contributed by atoms with Gasteiger partial charge < -0.3 is 11.1 Å². The molecule has 0 aromatic heterocycles. The first kappa shape index (κ1) is 17.8. The minimum Gasteiger partial charge on any atom is -0.346 e. The molecule has 4 N–H and O–H groups in total. The second-order valence-electron chi connectivity index (χ2n) is 5.62. The number of amides is 1. The van der Waals surface area contributed by atoms with Crippen LogP contribution in [0.5, 0.6) is 0 Å². The predicted octanol–water partition coefficient (Wildman–Crippen LogP) is 0.760. The topological polar surface area (TPSA) is 101 Å². The summed E-state index contributed by atoms with van der Waals surface area (Å²) < 4.78 is 53.0. The Labute approximate surface area is 133 Å². The second-order valence-corrected chi connectivity index (χ2v) is 7.33. The number of alkyl halides is 2. The third-order valence-electron chi connectivity index (χ3n) is 3.47. The summed E-state index contributed by atoms with van der Waals surface area (Å²) in [6, 6.07) is 3.97. The molecule has 0 spiro atoms. The molecular formula is C14H19F2N3O3S. The lowest BCUT2D eigenvalue weighted by Gasteiger charge is -2.15. The summed E-state index contributed by atoms with van der Waals surface area (Å²) in [6.45, 7) is -0.189. The number of benzene rings is 1. The SMILES string of the molecule is Cc1ccc(S(=O)(=O)NC2CC2)cc1C(=O)NCC(F)(F)CN. The van der Waals surface area contributed by atoms with Gasteiger partial charge in [0.1, 0.15) is 0 Å². The smallest absolute Gasteiger partial charge is 0.277 e. The van der Waals surface area contributed by atoms with E-state index in [9.17, 15) is 22.0 Å². The molecule has 1 fully saturated rings. The van der Waals surface area contributed by atoms with Crippen LogP contribution in [0.25, 0.3) is 0 Å². The van der Waals surface area contributed by atoms with Crippen molar-refractivity contribution in [3.63, 3.8) is 0 Å². The third kappa shape index (κ3) is 4.69. The lowest BCUT2D eigenvalue weighted by molar-refractivity contribution is 0.0118. The molecule has 1 aliphatic rings. The molecule has 0 atom stereocenters. The van der Waals surface area contributed by atoms with E-state index in [-0.39, 0.29) is 16.5 Å². The Morgan fingerprint density at radius 2 is 2.04 bits per heavy atom. The number of aryl methyl sites for hydroxylation is 1. The third-order valence-corrected chi connectivity index (χ3v) is 4.99. The molecule has 0 bridgehead atoms. The van der Waals surface area contributed by atoms with Crippen LogP contribution in [0.2, 0.25) is 0 Å². The number of hydrogen-bond acceptors (Lipinski definition) is 4. The first-order valence-electron chi connectivity index (χ1n) is 7.14. The van der Waals surface area contributed by atoms with Gasteiger partial charge in [-0.15, -0.1) is 0 Å². The van der Waals surface area contributed by atoms with Crippen LogP contribution in [-0.2, 0) is 10.0 Å². The molecule has 1 aromatic rings. The number of carbonyl (C=O) groups is 1. The highest BCUT2D eigenvalue weighted by atomic mass is 32.2. The number of carbonyl (C=O) groups excluding carboxylic acids is 1. The van der Waals surface area contributed by atoms with Crippen molar-refractivity contribution in [3.8, 4) is 0 Å². The average molecular weight is 347 g/mol. The summed E-state index contributed by atoms with van der Waals surface area (Å²) >= 11 is 0. The van der Waals surface area contributed by atoms with Gasteiger partial charge >= 0.3 is 0 Å². The zero-order chi connectivity index (χ0) is 17.3. The Morgan fingerprint density at radius 1 is 1.39 bits per heavy atom. The van der Waals surface area contributed by atoms with Crippen molar-refractivity contribution in [2.75, 3.05) is 13.1 Å². The molecule has 1 saturated carbocycles. The molecule has 128 valence electrons. The number of sulfonamides is 1. The molecule has 9 heteroatoms. The van der Waals surface area contributed by atoms with Crippen LogP contribution >= 0.6 is 0 Å². The van der Waals surface area contributed by atoms with Crippen molar-refractivity contribution in [2.45, 2.75) is 36.6 Å². The molecular weight excluding hydrogens is 328 g/mol. The van der Waals surface area contributed by atoms with Crippen LogP contribution in [0.1, 0.15) is 28.8 Å². The summed E-state index contributed by atoms with van der Waals surface area (Å²) in [5.74, 6) is -3.97. The molecule has 0 saturated heterocycles. The van der Waals surface area contributed by atoms with E-state index in [4.69, 9.17) is 5.73 Å². The molecule has 1 amide bonds. The van der Waals surface area contributed by atoms with Crippen molar-refractivity contribution in [3.05, 3.63) is 29.3 Å². The number of halogens is 2. The number of rotatable bonds is 7. The van der Waals surface area contributed by atoms with Gasteiger partial charge in [-0.3, -0.25) is 4.79 Å². The summed E-state index contributed by atoms with van der Waals surface area (Å²) in [6.07, 6.45) is 1.57. The Balaban J connectivity index is 2.18. The van der Waals surface area contributed by atoms with Crippen molar-refractivity contribution in [2.24, 2.45) is 5.73 Å². The van der Waals surface area contributed by atoms with E-state index in [1.165, 1.54) is 18.2 Å². The fraction of sp³-hybridized carbons (Fsp3) is 0.500. The van der Waals surface area contributed by atoms with E-state index in [1.54, 1.807) is 6.92 Å². The molecule has 0 unspecified atom stereocenters. The van der Waals surface area contributed by atoms with Gasteiger partial charge in [0, 0.05) is 11.6 Å². The molecule has 0 radical (unpaired) electrons. The Kier molecular flexibility index (Phi) is 5.02. The minimum atomic E-state index is -3.72. The van der Waals surface area contributed by atoms with Gasteiger partial charge in [-0.1, -0.05) is 6.07 Å². The van der Waals surface area contributed by atoms with E-state index >= 15 is 0 Å². The zero-order valence-electron chi connectivity index (χ0n) is 12.6. The van der Waals surface area contributed by atoms with Gasteiger partial charge in [0.2, 0.25) is 10.0 Å². The normalized spacial score (nSPS) is 15.5. The van der Waals surface area contributed by atoms with Gasteiger partial charge in [0.05, 0.1) is 18.0 Å². The number of nitrogens with one attached hydrogen (secondary N) is 2. The number of nitrogens with two attached hydrogens (primary N) is 1. The van der Waals surface area contributed by atoms with Crippen LogP contribution in [0.15, 0.2) is 23.1 Å². The first-order valence-corrected chi connectivity index (χ1v) is 8.62. The minimum absolute atomic E-state index is 0.0384. The van der Waals surface area contributed by atoms with Gasteiger partial charge in [-0.2, -0.15) is 0 Å². The molecule has 0 heterocycles. The maximum atomic E-state index is 13.1. The molecule has 0 aliphatic heterocycles. The van der Waals surface area contributed by atoms with E-state index in [1.807, 2.05) is 0 Å². The Morgan fingerprint density at radius 3 is 2.61 bits per heavy atom. The van der Waals surface area contributed by atoms with Gasteiger partial charge in [-0.25, -0.2) is 21.9 Å². The molecule has 2 rings (SSSR count). The highest BCUT2D eigenvalue weighted by molar-refractivity contribution is 7.89. The van der Waals surface area contributed by atoms with Crippen LogP contribution < -0.4 is 15.8 Å². The molecule has 6 nitrogen and oxygen atoms in total. The zero-order valence-corrected chi connectivity index (χ0v) is 13.4. The maximum Gasteiger partial charge on any atom is 0.277 e. The lowest BCUT2D eigenvalue weighted by Crippen LogP contribution is -2.41. The van der Waals surface area contributed by atoms with Crippen LogP contribution in [0.3, 0.4) is 0 Å². The summed E-state index contributed by atoms with van der Waals surface area (Å²) in [4.78, 5) is 12.0. The Bertz CT molecular complexity index is 703. The fourth-order valence-corrected chi connectivity index (χ4v) is 3.21. The van der Waals surface area contributed by atoms with Crippen LogP contribution in [-0.4, -0.2) is 39.4 Å². The van der Waals surface area contributed by atoms with E-state index < -0.39 is 34.9 Å². The maximum absolute atomic E-state index is 13.1. The molecule has 1 aliphatic carbocycles. The Hall–Kier alpha value is -1.58. The standard InChI is InChI=1S/C14H19F2N3O3S/c1-9-2-5-11(23(21,22)19-10-3-4-10)6-12(9)13(20)18-8-14(15,16)7-17/h2,5-6,10,19H,3-4,7-8,17H2,1H3,(H,18,20). The number of hydrogen-bond donors (Lipinski definition) is 3. The summed E-state index contributed by atoms with van der Waals surface area (Å²) in [5, 5.41) is 2.08. The van der Waals surface area contributed by atoms with E-state index in [0.717, 1.165) is 12.8 Å². The van der Waals surface area contributed by atoms with Crippen molar-refractivity contribution in [1.29, 1.82) is 0 Å². The average Bonchev–Trinajstić information content (AvgIpc) is 3.28. The quantitative estimate of drug-likeness (QED) is 0.678. The second kappa shape index (κ2) is 6.50. The van der Waals surface area contributed by atoms with E-state index in [2.05, 4.69) is 10.0 Å².